The fraction of sp³-hybridized carbons (Fsp3) is 0.462. The van der Waals surface area contributed by atoms with E-state index in [4.69, 9.17) is 0 Å². The van der Waals surface area contributed by atoms with E-state index in [1.807, 2.05) is 11.8 Å². The highest BCUT2D eigenvalue weighted by Gasteiger charge is 2.24. The molecule has 7 heteroatoms. The summed E-state index contributed by atoms with van der Waals surface area (Å²) in [4.78, 5) is 24.4. The van der Waals surface area contributed by atoms with Crippen molar-refractivity contribution in [3.05, 3.63) is 33.9 Å². The third kappa shape index (κ3) is 2.88. The zero-order valence-electron chi connectivity index (χ0n) is 11.5. The first kappa shape index (κ1) is 14.3. The van der Waals surface area contributed by atoms with Crippen LogP contribution in [0, 0.1) is 10.1 Å². The van der Waals surface area contributed by atoms with E-state index in [0.29, 0.717) is 24.3 Å². The van der Waals surface area contributed by atoms with Gasteiger partial charge in [-0.3, -0.25) is 14.9 Å². The van der Waals surface area contributed by atoms with Gasteiger partial charge in [-0.05, 0) is 19.1 Å². The van der Waals surface area contributed by atoms with Crippen molar-refractivity contribution in [2.45, 2.75) is 13.0 Å². The average molecular weight is 278 g/mol. The Morgan fingerprint density at radius 3 is 2.90 bits per heavy atom. The molecule has 20 heavy (non-hydrogen) atoms. The van der Waals surface area contributed by atoms with Gasteiger partial charge < -0.3 is 15.5 Å². The van der Waals surface area contributed by atoms with Crippen LogP contribution < -0.4 is 15.5 Å². The molecule has 1 atom stereocenters. The van der Waals surface area contributed by atoms with Crippen LogP contribution in [0.15, 0.2) is 18.2 Å². The van der Waals surface area contributed by atoms with E-state index in [2.05, 4.69) is 10.6 Å². The third-order valence-electron chi connectivity index (χ3n) is 3.37. The number of benzene rings is 1. The van der Waals surface area contributed by atoms with Gasteiger partial charge in [-0.2, -0.15) is 0 Å². The average Bonchev–Trinajstić information content (AvgIpc) is 2.45. The standard InChI is InChI=1S/C13H18N4O3/c1-9-8-16(6-5-15-9)11-4-3-10(13(18)14-2)7-12(11)17(19)20/h3-4,7,9,15H,5-6,8H2,1-2H3,(H,14,18). The lowest BCUT2D eigenvalue weighted by Gasteiger charge is -2.33. The molecule has 1 heterocycles. The third-order valence-corrected chi connectivity index (χ3v) is 3.37. The topological polar surface area (TPSA) is 87.5 Å². The monoisotopic (exact) mass is 278 g/mol. The lowest BCUT2D eigenvalue weighted by molar-refractivity contribution is -0.384. The molecule has 0 bridgehead atoms. The highest BCUT2D eigenvalue weighted by Crippen LogP contribution is 2.30. The van der Waals surface area contributed by atoms with E-state index in [1.165, 1.54) is 13.1 Å². The quantitative estimate of drug-likeness (QED) is 0.629. The van der Waals surface area contributed by atoms with Gasteiger partial charge in [0.15, 0.2) is 0 Å². The Labute approximate surface area is 117 Å². The van der Waals surface area contributed by atoms with E-state index in [-0.39, 0.29) is 17.6 Å². The summed E-state index contributed by atoms with van der Waals surface area (Å²) in [6.07, 6.45) is 0. The fourth-order valence-electron chi connectivity index (χ4n) is 2.37. The Kier molecular flexibility index (Phi) is 4.19. The molecule has 1 saturated heterocycles. The maximum atomic E-state index is 11.6. The number of nitrogens with one attached hydrogen (secondary N) is 2. The number of carbonyl (C=O) groups excluding carboxylic acids is 1. The van der Waals surface area contributed by atoms with E-state index in [0.717, 1.165) is 6.54 Å². The van der Waals surface area contributed by atoms with Crippen LogP contribution in [0.2, 0.25) is 0 Å². The van der Waals surface area contributed by atoms with Gasteiger partial charge in [0.25, 0.3) is 11.6 Å². The zero-order chi connectivity index (χ0) is 14.7. The van der Waals surface area contributed by atoms with Crippen molar-refractivity contribution in [2.24, 2.45) is 0 Å². The SMILES string of the molecule is CNC(=O)c1ccc(N2CCNC(C)C2)c([N+](=O)[O-])c1. The highest BCUT2D eigenvalue weighted by molar-refractivity contribution is 5.95. The predicted molar refractivity (Wildman–Crippen MR) is 76.2 cm³/mol. The van der Waals surface area contributed by atoms with E-state index in [9.17, 15) is 14.9 Å². The molecular weight excluding hydrogens is 260 g/mol. The first-order valence-electron chi connectivity index (χ1n) is 6.51. The van der Waals surface area contributed by atoms with Gasteiger partial charge in [-0.15, -0.1) is 0 Å². The number of amides is 1. The molecule has 7 nitrogen and oxygen atoms in total. The minimum absolute atomic E-state index is 0.0276. The number of nitrogens with zero attached hydrogens (tertiary/aromatic N) is 2. The molecule has 1 aromatic rings. The Morgan fingerprint density at radius 1 is 1.55 bits per heavy atom. The van der Waals surface area contributed by atoms with Crippen LogP contribution in [0.25, 0.3) is 0 Å². The Bertz CT molecular complexity index is 532. The number of nitro groups is 1. The van der Waals surface area contributed by atoms with Crippen molar-refractivity contribution < 1.29 is 9.72 Å². The second-order valence-corrected chi connectivity index (χ2v) is 4.84. The van der Waals surface area contributed by atoms with Crippen molar-refractivity contribution in [1.29, 1.82) is 0 Å². The molecule has 0 saturated carbocycles. The summed E-state index contributed by atoms with van der Waals surface area (Å²) in [6, 6.07) is 4.89. The molecule has 0 spiro atoms. The molecule has 0 aliphatic carbocycles. The van der Waals surface area contributed by atoms with Crippen molar-refractivity contribution >= 4 is 17.3 Å². The smallest absolute Gasteiger partial charge is 0.293 e. The minimum Gasteiger partial charge on any atom is -0.363 e. The summed E-state index contributed by atoms with van der Waals surface area (Å²) in [6.45, 7) is 4.25. The van der Waals surface area contributed by atoms with Crippen LogP contribution in [0.4, 0.5) is 11.4 Å². The van der Waals surface area contributed by atoms with E-state index in [1.54, 1.807) is 12.1 Å². The number of rotatable bonds is 3. The lowest BCUT2D eigenvalue weighted by Crippen LogP contribution is -2.49. The van der Waals surface area contributed by atoms with Crippen molar-refractivity contribution in [3.63, 3.8) is 0 Å². The highest BCUT2D eigenvalue weighted by atomic mass is 16.6. The largest absolute Gasteiger partial charge is 0.363 e. The first-order valence-corrected chi connectivity index (χ1v) is 6.51. The summed E-state index contributed by atoms with van der Waals surface area (Å²) < 4.78 is 0. The lowest BCUT2D eigenvalue weighted by atomic mass is 10.1. The van der Waals surface area contributed by atoms with Crippen molar-refractivity contribution in [3.8, 4) is 0 Å². The maximum Gasteiger partial charge on any atom is 0.293 e. The summed E-state index contributed by atoms with van der Waals surface area (Å²) in [5.74, 6) is -0.326. The van der Waals surface area contributed by atoms with Crippen molar-refractivity contribution in [1.82, 2.24) is 10.6 Å². The molecule has 1 aliphatic rings. The molecule has 2 N–H and O–H groups in total. The molecule has 1 unspecified atom stereocenters. The Morgan fingerprint density at radius 2 is 2.30 bits per heavy atom. The predicted octanol–water partition coefficient (Wildman–Crippen LogP) is 0.753. The van der Waals surface area contributed by atoms with Crippen LogP contribution >= 0.6 is 0 Å². The minimum atomic E-state index is -0.436. The number of anilines is 1. The number of carbonyl (C=O) groups is 1. The van der Waals surface area contributed by atoms with Gasteiger partial charge in [0.2, 0.25) is 0 Å². The molecule has 1 amide bonds. The molecule has 2 rings (SSSR count). The van der Waals surface area contributed by atoms with E-state index >= 15 is 0 Å². The van der Waals surface area contributed by atoms with Crippen molar-refractivity contribution in [2.75, 3.05) is 31.6 Å². The van der Waals surface area contributed by atoms with Gasteiger partial charge in [-0.1, -0.05) is 0 Å². The second-order valence-electron chi connectivity index (χ2n) is 4.84. The second kappa shape index (κ2) is 5.87. The number of piperazine rings is 1. The van der Waals surface area contributed by atoms with Gasteiger partial charge in [0, 0.05) is 44.4 Å². The Hall–Kier alpha value is -2.15. The molecule has 1 fully saturated rings. The van der Waals surface area contributed by atoms with Crippen LogP contribution in [0.5, 0.6) is 0 Å². The summed E-state index contributed by atoms with van der Waals surface area (Å²) in [5.41, 5.74) is 0.835. The number of hydrogen-bond donors (Lipinski definition) is 2. The maximum absolute atomic E-state index is 11.6. The molecular formula is C13H18N4O3. The zero-order valence-corrected chi connectivity index (χ0v) is 11.5. The van der Waals surface area contributed by atoms with Crippen LogP contribution in [-0.4, -0.2) is 43.6 Å². The molecule has 1 aromatic carbocycles. The van der Waals surface area contributed by atoms with Gasteiger partial charge >= 0.3 is 0 Å². The molecule has 108 valence electrons. The molecule has 0 aromatic heterocycles. The van der Waals surface area contributed by atoms with Gasteiger partial charge in [-0.25, -0.2) is 0 Å². The summed E-state index contributed by atoms with van der Waals surface area (Å²) in [7, 11) is 1.50. The van der Waals surface area contributed by atoms with Gasteiger partial charge in [0.1, 0.15) is 5.69 Å². The van der Waals surface area contributed by atoms with Crippen LogP contribution in [0.1, 0.15) is 17.3 Å². The Balaban J connectivity index is 2.37. The fourth-order valence-corrected chi connectivity index (χ4v) is 2.37. The first-order chi connectivity index (χ1) is 9.52. The molecule has 1 aliphatic heterocycles. The van der Waals surface area contributed by atoms with Gasteiger partial charge in [0.05, 0.1) is 4.92 Å². The summed E-state index contributed by atoms with van der Waals surface area (Å²) >= 11 is 0. The van der Waals surface area contributed by atoms with E-state index < -0.39 is 4.92 Å². The van der Waals surface area contributed by atoms with Crippen LogP contribution in [0.3, 0.4) is 0 Å². The number of nitro benzene ring substituents is 1. The number of hydrogen-bond acceptors (Lipinski definition) is 5. The van der Waals surface area contributed by atoms with Crippen LogP contribution in [-0.2, 0) is 0 Å². The molecule has 0 radical (unpaired) electrons. The summed E-state index contributed by atoms with van der Waals surface area (Å²) in [5, 5.41) is 17.0. The normalized spacial score (nSPS) is 18.7.